The van der Waals surface area contributed by atoms with Gasteiger partial charge in [-0.25, -0.2) is 4.68 Å². The molecule has 0 unspecified atom stereocenters. The van der Waals surface area contributed by atoms with Crippen LogP contribution in [-0.2, 0) is 12.8 Å². The molecule has 3 nitrogen and oxygen atoms in total. The van der Waals surface area contributed by atoms with Crippen LogP contribution in [0.25, 0.3) is 5.69 Å². The maximum absolute atomic E-state index is 6.03. The highest BCUT2D eigenvalue weighted by molar-refractivity contribution is 14.1. The van der Waals surface area contributed by atoms with Crippen molar-refractivity contribution in [2.45, 2.75) is 25.7 Å². The fraction of sp³-hybridized carbons (Fsp3) is 0.308. The lowest BCUT2D eigenvalue weighted by atomic mass is 9.97. The quantitative estimate of drug-likeness (QED) is 0.719. The van der Waals surface area contributed by atoms with E-state index in [2.05, 4.69) is 61.8 Å². The molecule has 5 heteroatoms. The van der Waals surface area contributed by atoms with Crippen molar-refractivity contribution in [3.8, 4) is 5.69 Å². The van der Waals surface area contributed by atoms with Crippen molar-refractivity contribution in [3.05, 3.63) is 37.5 Å². The van der Waals surface area contributed by atoms with Crippen molar-refractivity contribution in [2.24, 2.45) is 0 Å². The molecule has 18 heavy (non-hydrogen) atoms. The second-order valence-electron chi connectivity index (χ2n) is 4.53. The van der Waals surface area contributed by atoms with Gasteiger partial charge >= 0.3 is 0 Å². The molecule has 94 valence electrons. The minimum atomic E-state index is 0.690. The molecule has 3 rings (SSSR count). The summed E-state index contributed by atoms with van der Waals surface area (Å²) in [7, 11) is 0. The fourth-order valence-electron chi connectivity index (χ4n) is 2.48. The van der Waals surface area contributed by atoms with E-state index in [4.69, 9.17) is 5.73 Å². The number of rotatable bonds is 1. The largest absolute Gasteiger partial charge is 0.382 e. The van der Waals surface area contributed by atoms with Crippen LogP contribution >= 0.6 is 38.5 Å². The van der Waals surface area contributed by atoms with Crippen LogP contribution in [-0.4, -0.2) is 9.78 Å². The molecular formula is C13H13BrIN3. The summed E-state index contributed by atoms with van der Waals surface area (Å²) in [5.41, 5.74) is 9.63. The van der Waals surface area contributed by atoms with Gasteiger partial charge in [0.05, 0.1) is 5.69 Å². The first-order valence-corrected chi connectivity index (χ1v) is 7.85. The zero-order chi connectivity index (χ0) is 12.7. The summed E-state index contributed by atoms with van der Waals surface area (Å²) in [5.74, 6) is 0.690. The average Bonchev–Trinajstić information content (AvgIpc) is 2.68. The Labute approximate surface area is 128 Å². The molecule has 1 heterocycles. The third kappa shape index (κ3) is 2.07. The summed E-state index contributed by atoms with van der Waals surface area (Å²) < 4.78 is 4.27. The number of benzene rings is 1. The molecule has 1 aromatic carbocycles. The molecule has 0 saturated carbocycles. The minimum Gasteiger partial charge on any atom is -0.382 e. The molecular weight excluding hydrogens is 405 g/mol. The number of hydrogen-bond acceptors (Lipinski definition) is 2. The second-order valence-corrected chi connectivity index (χ2v) is 6.63. The van der Waals surface area contributed by atoms with Gasteiger partial charge in [-0.15, -0.1) is 0 Å². The van der Waals surface area contributed by atoms with Gasteiger partial charge in [0, 0.05) is 19.3 Å². The molecule has 0 atom stereocenters. The fourth-order valence-corrected chi connectivity index (χ4v) is 3.95. The Hall–Kier alpha value is -0.560. The molecule has 0 radical (unpaired) electrons. The lowest BCUT2D eigenvalue weighted by molar-refractivity contribution is 0.653. The molecule has 0 spiro atoms. The highest BCUT2D eigenvalue weighted by Gasteiger charge is 2.20. The number of nitrogen functional groups attached to an aromatic ring is 1. The number of hydrogen-bond donors (Lipinski definition) is 1. The summed E-state index contributed by atoms with van der Waals surface area (Å²) in [4.78, 5) is 0. The summed E-state index contributed by atoms with van der Waals surface area (Å²) in [6, 6.07) is 6.28. The van der Waals surface area contributed by atoms with Crippen LogP contribution in [0.4, 0.5) is 5.82 Å². The first-order valence-electron chi connectivity index (χ1n) is 5.98. The Morgan fingerprint density at radius 3 is 2.83 bits per heavy atom. The Morgan fingerprint density at radius 1 is 1.28 bits per heavy atom. The highest BCUT2D eigenvalue weighted by Crippen LogP contribution is 2.31. The zero-order valence-electron chi connectivity index (χ0n) is 9.79. The van der Waals surface area contributed by atoms with Crippen molar-refractivity contribution in [1.82, 2.24) is 9.78 Å². The van der Waals surface area contributed by atoms with E-state index in [1.807, 2.05) is 4.68 Å². The summed E-state index contributed by atoms with van der Waals surface area (Å²) in [6.07, 6.45) is 4.57. The smallest absolute Gasteiger partial charge is 0.149 e. The van der Waals surface area contributed by atoms with Crippen LogP contribution in [0.2, 0.25) is 0 Å². The van der Waals surface area contributed by atoms with Crippen LogP contribution in [0.1, 0.15) is 24.1 Å². The number of halogens is 2. The molecule has 0 bridgehead atoms. The minimum absolute atomic E-state index is 0.690. The number of nitrogens with zero attached hydrogens (tertiary/aromatic N) is 2. The number of aromatic nitrogens is 2. The summed E-state index contributed by atoms with van der Waals surface area (Å²) >= 11 is 5.92. The number of nitrogens with two attached hydrogens (primary N) is 1. The Kier molecular flexibility index (Phi) is 3.36. The lowest BCUT2D eigenvalue weighted by Gasteiger charge is -2.14. The van der Waals surface area contributed by atoms with Crippen LogP contribution < -0.4 is 5.73 Å². The van der Waals surface area contributed by atoms with E-state index in [0.29, 0.717) is 5.82 Å². The van der Waals surface area contributed by atoms with Gasteiger partial charge in [0.25, 0.3) is 0 Å². The van der Waals surface area contributed by atoms with E-state index in [0.717, 1.165) is 23.0 Å². The van der Waals surface area contributed by atoms with Crippen molar-refractivity contribution in [2.75, 3.05) is 5.73 Å². The van der Waals surface area contributed by atoms with Gasteiger partial charge in [0.15, 0.2) is 0 Å². The molecule has 1 aromatic heterocycles. The predicted octanol–water partition coefficient (Wildman–Crippen LogP) is 3.70. The average molecular weight is 418 g/mol. The standard InChI is InChI=1S/C13H13BrIN3/c14-10-7-8(15)5-6-12(10)18-11-4-2-1-3-9(11)13(16)17-18/h5-7H,1-4H2,(H2,16,17). The van der Waals surface area contributed by atoms with E-state index in [1.165, 1.54) is 27.7 Å². The van der Waals surface area contributed by atoms with Gasteiger partial charge in [0.1, 0.15) is 5.82 Å². The first-order chi connectivity index (χ1) is 8.66. The van der Waals surface area contributed by atoms with Gasteiger partial charge in [-0.2, -0.15) is 5.10 Å². The van der Waals surface area contributed by atoms with Crippen LogP contribution in [0.3, 0.4) is 0 Å². The zero-order valence-corrected chi connectivity index (χ0v) is 13.5. The Bertz CT molecular complexity index is 607. The van der Waals surface area contributed by atoms with Gasteiger partial charge in [-0.1, -0.05) is 0 Å². The topological polar surface area (TPSA) is 43.8 Å². The number of fused-ring (bicyclic) bond motifs is 1. The Morgan fingerprint density at radius 2 is 2.06 bits per heavy atom. The van der Waals surface area contributed by atoms with Crippen LogP contribution in [0.5, 0.6) is 0 Å². The third-order valence-electron chi connectivity index (χ3n) is 3.35. The number of anilines is 1. The molecule has 1 aliphatic carbocycles. The maximum atomic E-state index is 6.03. The molecule has 2 aromatic rings. The van der Waals surface area contributed by atoms with E-state index in [1.54, 1.807) is 0 Å². The molecule has 0 fully saturated rings. The lowest BCUT2D eigenvalue weighted by Crippen LogP contribution is -2.08. The second kappa shape index (κ2) is 4.85. The van der Waals surface area contributed by atoms with E-state index < -0.39 is 0 Å². The van der Waals surface area contributed by atoms with Gasteiger partial charge in [-0.3, -0.25) is 0 Å². The Balaban J connectivity index is 2.17. The van der Waals surface area contributed by atoms with Gasteiger partial charge < -0.3 is 5.73 Å². The van der Waals surface area contributed by atoms with E-state index in [-0.39, 0.29) is 0 Å². The third-order valence-corrected chi connectivity index (χ3v) is 4.66. The van der Waals surface area contributed by atoms with E-state index >= 15 is 0 Å². The summed E-state index contributed by atoms with van der Waals surface area (Å²) in [6.45, 7) is 0. The normalized spacial score (nSPS) is 14.6. The van der Waals surface area contributed by atoms with Crippen LogP contribution in [0.15, 0.2) is 22.7 Å². The van der Waals surface area contributed by atoms with Crippen molar-refractivity contribution in [1.29, 1.82) is 0 Å². The maximum Gasteiger partial charge on any atom is 0.149 e. The monoisotopic (exact) mass is 417 g/mol. The molecule has 1 aliphatic rings. The molecule has 2 N–H and O–H groups in total. The summed E-state index contributed by atoms with van der Waals surface area (Å²) in [5, 5.41) is 4.51. The predicted molar refractivity (Wildman–Crippen MR) is 85.0 cm³/mol. The first kappa shape index (κ1) is 12.5. The SMILES string of the molecule is Nc1nn(-c2ccc(I)cc2Br)c2c1CCCC2. The van der Waals surface area contributed by atoms with E-state index in [9.17, 15) is 0 Å². The van der Waals surface area contributed by atoms with Gasteiger partial charge in [-0.05, 0) is 82.4 Å². The van der Waals surface area contributed by atoms with Crippen molar-refractivity contribution >= 4 is 44.3 Å². The van der Waals surface area contributed by atoms with Crippen LogP contribution in [0, 0.1) is 3.57 Å². The molecule has 0 saturated heterocycles. The van der Waals surface area contributed by atoms with Crippen molar-refractivity contribution in [3.63, 3.8) is 0 Å². The van der Waals surface area contributed by atoms with Gasteiger partial charge in [0.2, 0.25) is 0 Å². The van der Waals surface area contributed by atoms with Crippen molar-refractivity contribution < 1.29 is 0 Å². The molecule has 0 amide bonds. The highest BCUT2D eigenvalue weighted by atomic mass is 127. The molecule has 0 aliphatic heterocycles.